The Bertz CT molecular complexity index is 794. The Balaban J connectivity index is 1.88. The molecule has 0 atom stereocenters. The molecular weight excluding hydrogens is 336 g/mol. The minimum absolute atomic E-state index is 0.233. The van der Waals surface area contributed by atoms with E-state index in [9.17, 15) is 4.79 Å². The van der Waals surface area contributed by atoms with Gasteiger partial charge in [0.15, 0.2) is 0 Å². The van der Waals surface area contributed by atoms with Crippen LogP contribution in [0.15, 0.2) is 30.3 Å². The summed E-state index contributed by atoms with van der Waals surface area (Å²) in [5.41, 5.74) is 4.25. The van der Waals surface area contributed by atoms with Gasteiger partial charge >= 0.3 is 5.97 Å². The average molecular weight is 359 g/mol. The molecule has 3 rings (SSSR count). The Hall–Kier alpha value is -2.00. The third kappa shape index (κ3) is 4.16. The number of benzene rings is 2. The van der Waals surface area contributed by atoms with Crippen LogP contribution in [0.1, 0.15) is 54.4 Å². The fourth-order valence-electron chi connectivity index (χ4n) is 2.92. The van der Waals surface area contributed by atoms with Crippen molar-refractivity contribution in [1.82, 2.24) is 0 Å². The highest BCUT2D eigenvalue weighted by atomic mass is 35.5. The number of aryl methyl sites for hydroxylation is 2. The zero-order valence-corrected chi connectivity index (χ0v) is 15.7. The van der Waals surface area contributed by atoms with Crippen LogP contribution in [0.3, 0.4) is 0 Å². The van der Waals surface area contributed by atoms with Crippen molar-refractivity contribution in [3.63, 3.8) is 0 Å². The van der Waals surface area contributed by atoms with Gasteiger partial charge in [0.1, 0.15) is 18.1 Å². The van der Waals surface area contributed by atoms with Crippen LogP contribution in [0.2, 0.25) is 5.02 Å². The van der Waals surface area contributed by atoms with Gasteiger partial charge in [-0.05, 0) is 61.4 Å². The molecule has 1 saturated carbocycles. The summed E-state index contributed by atoms with van der Waals surface area (Å²) in [6.45, 7) is 6.13. The quantitative estimate of drug-likeness (QED) is 0.488. The van der Waals surface area contributed by atoms with Gasteiger partial charge in [0.2, 0.25) is 0 Å². The van der Waals surface area contributed by atoms with Crippen LogP contribution >= 0.6 is 11.6 Å². The first-order valence-corrected chi connectivity index (χ1v) is 9.09. The lowest BCUT2D eigenvalue weighted by Crippen LogP contribution is -2.10. The maximum Gasteiger partial charge on any atom is 0.310 e. The lowest BCUT2D eigenvalue weighted by atomic mass is 10.0. The van der Waals surface area contributed by atoms with Crippen LogP contribution in [0, 0.1) is 13.8 Å². The molecule has 0 heterocycles. The third-order valence-corrected chi connectivity index (χ3v) is 4.93. The fourth-order valence-corrected chi connectivity index (χ4v) is 3.07. The molecule has 0 aliphatic heterocycles. The minimum atomic E-state index is -0.233. The second-order valence-electron chi connectivity index (χ2n) is 6.58. The van der Waals surface area contributed by atoms with Gasteiger partial charge in [-0.3, -0.25) is 4.79 Å². The number of halogens is 1. The summed E-state index contributed by atoms with van der Waals surface area (Å²) in [5.74, 6) is 1.67. The molecule has 0 saturated heterocycles. The van der Waals surface area contributed by atoms with Crippen molar-refractivity contribution in [3.8, 4) is 11.5 Å². The highest BCUT2D eigenvalue weighted by Crippen LogP contribution is 2.44. The van der Waals surface area contributed by atoms with Gasteiger partial charge in [-0.25, -0.2) is 0 Å². The van der Waals surface area contributed by atoms with Crippen molar-refractivity contribution in [2.24, 2.45) is 0 Å². The Kier molecular flexibility index (Phi) is 5.33. The predicted molar refractivity (Wildman–Crippen MR) is 99.6 cm³/mol. The molecule has 0 amide bonds. The monoisotopic (exact) mass is 358 g/mol. The molecule has 2 aromatic carbocycles. The van der Waals surface area contributed by atoms with E-state index in [1.807, 2.05) is 38.1 Å². The van der Waals surface area contributed by atoms with E-state index in [0.29, 0.717) is 29.7 Å². The maximum absolute atomic E-state index is 11.8. The topological polar surface area (TPSA) is 35.5 Å². The molecule has 0 aromatic heterocycles. The number of rotatable bonds is 6. The highest BCUT2D eigenvalue weighted by molar-refractivity contribution is 6.31. The smallest absolute Gasteiger partial charge is 0.310 e. The molecule has 1 aliphatic carbocycles. The lowest BCUT2D eigenvalue weighted by Gasteiger charge is -2.16. The second-order valence-corrected chi connectivity index (χ2v) is 6.99. The van der Waals surface area contributed by atoms with Crippen molar-refractivity contribution in [2.45, 2.75) is 52.6 Å². The van der Waals surface area contributed by atoms with Crippen LogP contribution in [0.4, 0.5) is 0 Å². The number of esters is 1. The van der Waals surface area contributed by atoms with Crippen molar-refractivity contribution in [1.29, 1.82) is 0 Å². The minimum Gasteiger partial charge on any atom is -0.488 e. The summed E-state index contributed by atoms with van der Waals surface area (Å²) in [7, 11) is 0. The van der Waals surface area contributed by atoms with Crippen LogP contribution in [0.5, 0.6) is 11.5 Å². The number of ether oxygens (including phenoxy) is 2. The SMILES string of the molecule is CCC(=O)Oc1cccc(C2CC2)c1COc1cc(Cl)c(C)cc1C. The Morgan fingerprint density at radius 1 is 1.16 bits per heavy atom. The Morgan fingerprint density at radius 3 is 2.60 bits per heavy atom. The Labute approximate surface area is 153 Å². The third-order valence-electron chi connectivity index (χ3n) is 4.53. The van der Waals surface area contributed by atoms with Crippen LogP contribution < -0.4 is 9.47 Å². The summed E-state index contributed by atoms with van der Waals surface area (Å²) >= 11 is 6.23. The van der Waals surface area contributed by atoms with Crippen LogP contribution in [-0.4, -0.2) is 5.97 Å². The van der Waals surface area contributed by atoms with E-state index in [1.54, 1.807) is 6.92 Å². The number of carbonyl (C=O) groups excluding carboxylic acids is 1. The summed E-state index contributed by atoms with van der Waals surface area (Å²) in [4.78, 5) is 11.8. The van der Waals surface area contributed by atoms with Crippen LogP contribution in [-0.2, 0) is 11.4 Å². The van der Waals surface area contributed by atoms with Crippen molar-refractivity contribution in [2.75, 3.05) is 0 Å². The van der Waals surface area contributed by atoms with Crippen molar-refractivity contribution in [3.05, 3.63) is 57.6 Å². The van der Waals surface area contributed by atoms with Gasteiger partial charge in [-0.1, -0.05) is 36.7 Å². The molecule has 25 heavy (non-hydrogen) atoms. The number of carbonyl (C=O) groups is 1. The summed E-state index contributed by atoms with van der Waals surface area (Å²) in [6.07, 6.45) is 2.70. The largest absolute Gasteiger partial charge is 0.488 e. The fraction of sp³-hybridized carbons (Fsp3) is 0.381. The van der Waals surface area contributed by atoms with Gasteiger partial charge in [-0.2, -0.15) is 0 Å². The van der Waals surface area contributed by atoms with E-state index in [1.165, 1.54) is 18.4 Å². The highest BCUT2D eigenvalue weighted by Gasteiger charge is 2.28. The van der Waals surface area contributed by atoms with E-state index < -0.39 is 0 Å². The molecule has 1 fully saturated rings. The summed E-state index contributed by atoms with van der Waals surface area (Å²) in [5, 5.41) is 0.689. The molecule has 3 nitrogen and oxygen atoms in total. The van der Waals surface area contributed by atoms with E-state index in [2.05, 4.69) is 6.07 Å². The lowest BCUT2D eigenvalue weighted by molar-refractivity contribution is -0.134. The summed E-state index contributed by atoms with van der Waals surface area (Å²) < 4.78 is 11.6. The van der Waals surface area contributed by atoms with E-state index in [4.69, 9.17) is 21.1 Å². The normalized spacial score (nSPS) is 13.6. The molecule has 0 radical (unpaired) electrons. The average Bonchev–Trinajstić information content (AvgIpc) is 3.42. The Morgan fingerprint density at radius 2 is 1.92 bits per heavy atom. The molecule has 4 heteroatoms. The van der Waals surface area contributed by atoms with Gasteiger partial charge in [0.05, 0.1) is 0 Å². The first-order valence-electron chi connectivity index (χ1n) is 8.71. The first kappa shape index (κ1) is 17.8. The zero-order chi connectivity index (χ0) is 18.0. The molecule has 132 valence electrons. The van der Waals surface area contributed by atoms with Gasteiger partial charge in [0, 0.05) is 17.0 Å². The molecule has 0 spiro atoms. The van der Waals surface area contributed by atoms with Gasteiger partial charge in [0.25, 0.3) is 0 Å². The molecule has 2 aromatic rings. The number of hydrogen-bond acceptors (Lipinski definition) is 3. The molecule has 0 bridgehead atoms. The van der Waals surface area contributed by atoms with Gasteiger partial charge in [-0.15, -0.1) is 0 Å². The van der Waals surface area contributed by atoms with Crippen LogP contribution in [0.25, 0.3) is 0 Å². The van der Waals surface area contributed by atoms with Crippen molar-refractivity contribution < 1.29 is 14.3 Å². The standard InChI is InChI=1S/C21H23ClO3/c1-4-21(23)25-19-7-5-6-16(15-8-9-15)17(19)12-24-20-11-18(22)13(2)10-14(20)3/h5-7,10-11,15H,4,8-9,12H2,1-3H3. The second kappa shape index (κ2) is 7.49. The molecular formula is C21H23ClO3. The summed E-state index contributed by atoms with van der Waals surface area (Å²) in [6, 6.07) is 9.76. The molecule has 0 unspecified atom stereocenters. The van der Waals surface area contributed by atoms with Gasteiger partial charge < -0.3 is 9.47 Å². The molecule has 1 aliphatic rings. The first-order chi connectivity index (χ1) is 12.0. The molecule has 0 N–H and O–H groups in total. The van der Waals surface area contributed by atoms with E-state index >= 15 is 0 Å². The van der Waals surface area contributed by atoms with E-state index in [-0.39, 0.29) is 5.97 Å². The predicted octanol–water partition coefficient (Wildman–Crippen LogP) is 5.73. The maximum atomic E-state index is 11.8. The van der Waals surface area contributed by atoms with Crippen molar-refractivity contribution >= 4 is 17.6 Å². The number of hydrogen-bond donors (Lipinski definition) is 0. The van der Waals surface area contributed by atoms with E-state index in [0.717, 1.165) is 22.4 Å². The zero-order valence-electron chi connectivity index (χ0n) is 14.9.